The topological polar surface area (TPSA) is 65.1 Å². The van der Waals surface area contributed by atoms with Crippen LogP contribution < -0.4 is 5.32 Å². The summed E-state index contributed by atoms with van der Waals surface area (Å²) in [4.78, 5) is 14.4. The van der Waals surface area contributed by atoms with E-state index < -0.39 is 6.10 Å². The van der Waals surface area contributed by atoms with Gasteiger partial charge >= 0.3 is 0 Å². The summed E-state index contributed by atoms with van der Waals surface area (Å²) in [5.41, 5.74) is 1.33. The molecule has 2 heterocycles. The maximum Gasteiger partial charge on any atom is 0.268 e. The summed E-state index contributed by atoms with van der Waals surface area (Å²) in [7, 11) is 0. The SMILES string of the molecule is O=C1NCC(O)Cc2c1[nH]c(Br)c2Br. The first-order chi connectivity index (χ1) is 6.59. The van der Waals surface area contributed by atoms with Crippen LogP contribution in [0.3, 0.4) is 0 Å². The van der Waals surface area contributed by atoms with Crippen molar-refractivity contribution >= 4 is 37.8 Å². The van der Waals surface area contributed by atoms with Crippen LogP contribution in [0.2, 0.25) is 0 Å². The summed E-state index contributed by atoms with van der Waals surface area (Å²) in [5.74, 6) is -0.178. The maximum atomic E-state index is 11.5. The molecule has 4 nitrogen and oxygen atoms in total. The van der Waals surface area contributed by atoms with Crippen LogP contribution in [0, 0.1) is 0 Å². The highest BCUT2D eigenvalue weighted by atomic mass is 79.9. The van der Waals surface area contributed by atoms with Gasteiger partial charge in [0.25, 0.3) is 5.91 Å². The van der Waals surface area contributed by atoms with E-state index in [1.165, 1.54) is 0 Å². The van der Waals surface area contributed by atoms with Crippen LogP contribution in [-0.4, -0.2) is 28.6 Å². The Labute approximate surface area is 97.3 Å². The Kier molecular flexibility index (Phi) is 2.68. The smallest absolute Gasteiger partial charge is 0.268 e. The third-order valence-corrected chi connectivity index (χ3v) is 4.16. The Bertz CT molecular complexity index is 389. The molecule has 6 heteroatoms. The highest BCUT2D eigenvalue weighted by molar-refractivity contribution is 9.13. The van der Waals surface area contributed by atoms with Gasteiger partial charge in [-0.2, -0.15) is 0 Å². The minimum absolute atomic E-state index is 0.178. The molecule has 0 fully saturated rings. The number of fused-ring (bicyclic) bond motifs is 1. The lowest BCUT2D eigenvalue weighted by Crippen LogP contribution is -2.29. The van der Waals surface area contributed by atoms with Crippen LogP contribution in [0.25, 0.3) is 0 Å². The summed E-state index contributed by atoms with van der Waals surface area (Å²) >= 11 is 6.64. The van der Waals surface area contributed by atoms with Gasteiger partial charge in [-0.3, -0.25) is 4.79 Å². The average Bonchev–Trinajstić information content (AvgIpc) is 2.33. The van der Waals surface area contributed by atoms with E-state index in [-0.39, 0.29) is 5.91 Å². The largest absolute Gasteiger partial charge is 0.391 e. The second-order valence-electron chi connectivity index (χ2n) is 3.17. The van der Waals surface area contributed by atoms with Gasteiger partial charge < -0.3 is 15.4 Å². The minimum atomic E-state index is -0.529. The van der Waals surface area contributed by atoms with Gasteiger partial charge in [0.05, 0.1) is 15.2 Å². The number of hydrogen-bond donors (Lipinski definition) is 3. The van der Waals surface area contributed by atoms with Gasteiger partial charge in [-0.15, -0.1) is 0 Å². The summed E-state index contributed by atoms with van der Waals surface area (Å²) < 4.78 is 1.54. The molecule has 2 rings (SSSR count). The molecule has 0 aromatic carbocycles. The molecule has 1 unspecified atom stereocenters. The molecule has 0 bridgehead atoms. The van der Waals surface area contributed by atoms with Gasteiger partial charge in [0.15, 0.2) is 0 Å². The number of carbonyl (C=O) groups is 1. The Hall–Kier alpha value is -0.330. The molecule has 1 aliphatic heterocycles. The monoisotopic (exact) mass is 322 g/mol. The van der Waals surface area contributed by atoms with Crippen molar-refractivity contribution in [1.29, 1.82) is 0 Å². The normalized spacial score (nSPS) is 21.4. The number of H-pyrrole nitrogens is 1. The molecule has 0 saturated carbocycles. The molecule has 1 aromatic heterocycles. The van der Waals surface area contributed by atoms with Gasteiger partial charge in [-0.05, 0) is 31.9 Å². The van der Waals surface area contributed by atoms with Crippen molar-refractivity contribution in [1.82, 2.24) is 10.3 Å². The summed E-state index contributed by atoms with van der Waals surface area (Å²) in [6, 6.07) is 0. The van der Waals surface area contributed by atoms with Crippen LogP contribution in [0.15, 0.2) is 9.08 Å². The summed E-state index contributed by atoms with van der Waals surface area (Å²) in [6.07, 6.45) is -0.0595. The summed E-state index contributed by atoms with van der Waals surface area (Å²) in [6.45, 7) is 0.297. The molecule has 0 spiro atoms. The number of rotatable bonds is 0. The minimum Gasteiger partial charge on any atom is -0.391 e. The molecule has 76 valence electrons. The third kappa shape index (κ3) is 1.62. The van der Waals surface area contributed by atoms with E-state index in [0.29, 0.717) is 18.7 Å². The van der Waals surface area contributed by atoms with E-state index in [9.17, 15) is 9.90 Å². The van der Waals surface area contributed by atoms with Crippen LogP contribution in [0.1, 0.15) is 16.1 Å². The zero-order valence-electron chi connectivity index (χ0n) is 7.10. The second-order valence-corrected chi connectivity index (χ2v) is 4.76. The van der Waals surface area contributed by atoms with E-state index >= 15 is 0 Å². The van der Waals surface area contributed by atoms with E-state index in [2.05, 4.69) is 42.2 Å². The number of aromatic amines is 1. The number of halogens is 2. The molecule has 0 saturated heterocycles. The van der Waals surface area contributed by atoms with Gasteiger partial charge in [0.1, 0.15) is 5.69 Å². The van der Waals surface area contributed by atoms with Crippen LogP contribution in [-0.2, 0) is 6.42 Å². The van der Waals surface area contributed by atoms with Crippen molar-refractivity contribution in [3.05, 3.63) is 20.3 Å². The molecule has 3 N–H and O–H groups in total. The molecule has 1 amide bonds. The Morgan fingerprint density at radius 2 is 2.14 bits per heavy atom. The first kappa shape index (κ1) is 10.2. The number of carbonyl (C=O) groups excluding carboxylic acids is 1. The van der Waals surface area contributed by atoms with E-state index in [1.807, 2.05) is 0 Å². The quantitative estimate of drug-likeness (QED) is 0.671. The standard InChI is InChI=1S/C8H8Br2N2O2/c9-5-4-1-3(13)2-11-8(14)6(4)12-7(5)10/h3,12-13H,1-2H2,(H,11,14). The van der Waals surface area contributed by atoms with Gasteiger partial charge in [-0.25, -0.2) is 0 Å². The number of β-amino-alcohol motifs (C(OH)–C–C–N with tert-alkyl or cyclic N) is 1. The van der Waals surface area contributed by atoms with Crippen molar-refractivity contribution in [2.75, 3.05) is 6.54 Å². The van der Waals surface area contributed by atoms with Crippen molar-refractivity contribution in [3.8, 4) is 0 Å². The lowest BCUT2D eigenvalue weighted by molar-refractivity contribution is 0.0926. The Morgan fingerprint density at radius 1 is 1.43 bits per heavy atom. The van der Waals surface area contributed by atoms with Gasteiger partial charge in [-0.1, -0.05) is 0 Å². The molecular formula is C8H8Br2N2O2. The zero-order valence-corrected chi connectivity index (χ0v) is 10.3. The molecule has 1 aliphatic rings. The number of aliphatic hydroxyl groups excluding tert-OH is 1. The molecule has 14 heavy (non-hydrogen) atoms. The highest BCUT2D eigenvalue weighted by Gasteiger charge is 2.25. The van der Waals surface area contributed by atoms with E-state index in [0.717, 1.165) is 14.6 Å². The predicted molar refractivity (Wildman–Crippen MR) is 58.2 cm³/mol. The van der Waals surface area contributed by atoms with Crippen LogP contribution in [0.4, 0.5) is 0 Å². The number of hydrogen-bond acceptors (Lipinski definition) is 2. The Morgan fingerprint density at radius 3 is 2.86 bits per heavy atom. The zero-order chi connectivity index (χ0) is 10.3. The van der Waals surface area contributed by atoms with Crippen LogP contribution >= 0.6 is 31.9 Å². The first-order valence-corrected chi connectivity index (χ1v) is 5.70. The highest BCUT2D eigenvalue weighted by Crippen LogP contribution is 2.31. The number of aromatic nitrogens is 1. The van der Waals surface area contributed by atoms with Crippen molar-refractivity contribution in [2.45, 2.75) is 12.5 Å². The summed E-state index contributed by atoms with van der Waals surface area (Å²) in [5, 5.41) is 12.2. The lowest BCUT2D eigenvalue weighted by atomic mass is 10.1. The number of aliphatic hydroxyl groups is 1. The van der Waals surface area contributed by atoms with Gasteiger partial charge in [0.2, 0.25) is 0 Å². The molecule has 0 aliphatic carbocycles. The maximum absolute atomic E-state index is 11.5. The van der Waals surface area contributed by atoms with Crippen molar-refractivity contribution in [2.24, 2.45) is 0 Å². The number of nitrogens with one attached hydrogen (secondary N) is 2. The third-order valence-electron chi connectivity index (χ3n) is 2.16. The van der Waals surface area contributed by atoms with E-state index in [1.54, 1.807) is 0 Å². The molecular weight excluding hydrogens is 316 g/mol. The predicted octanol–water partition coefficient (Wildman–Crippen LogP) is 1.19. The first-order valence-electron chi connectivity index (χ1n) is 4.11. The van der Waals surface area contributed by atoms with Crippen molar-refractivity contribution in [3.63, 3.8) is 0 Å². The fraction of sp³-hybridized carbons (Fsp3) is 0.375. The molecule has 1 atom stereocenters. The van der Waals surface area contributed by atoms with Crippen molar-refractivity contribution < 1.29 is 9.90 Å². The fourth-order valence-electron chi connectivity index (χ4n) is 1.47. The van der Waals surface area contributed by atoms with Gasteiger partial charge in [0, 0.05) is 18.5 Å². The fourth-order valence-corrected chi connectivity index (χ4v) is 2.37. The number of amides is 1. The van der Waals surface area contributed by atoms with E-state index in [4.69, 9.17) is 0 Å². The molecule has 0 radical (unpaired) electrons. The molecule has 1 aromatic rings. The Balaban J connectivity index is 2.52. The average molecular weight is 324 g/mol. The lowest BCUT2D eigenvalue weighted by Gasteiger charge is -2.05. The van der Waals surface area contributed by atoms with Crippen LogP contribution in [0.5, 0.6) is 0 Å². The second kappa shape index (κ2) is 3.67.